The van der Waals surface area contributed by atoms with Crippen LogP contribution >= 0.6 is 11.3 Å². The smallest absolute Gasteiger partial charge is 0.226 e. The summed E-state index contributed by atoms with van der Waals surface area (Å²) in [6.07, 6.45) is 0.371. The molecule has 1 aromatic heterocycles. The van der Waals surface area contributed by atoms with Gasteiger partial charge in [-0.2, -0.15) is 0 Å². The fourth-order valence-corrected chi connectivity index (χ4v) is 2.19. The lowest BCUT2D eigenvalue weighted by atomic mass is 9.98. The van der Waals surface area contributed by atoms with Crippen molar-refractivity contribution in [1.29, 1.82) is 0 Å². The molecule has 5 heteroatoms. The first kappa shape index (κ1) is 14.1. The minimum absolute atomic E-state index is 0.0333. The summed E-state index contributed by atoms with van der Waals surface area (Å²) >= 11 is 1.62. The van der Waals surface area contributed by atoms with Gasteiger partial charge in [-0.3, -0.25) is 4.79 Å². The quantitative estimate of drug-likeness (QED) is 0.780. The van der Waals surface area contributed by atoms with Gasteiger partial charge in [0.15, 0.2) is 0 Å². The molecule has 0 bridgehead atoms. The van der Waals surface area contributed by atoms with Crippen LogP contribution in [0.2, 0.25) is 0 Å². The summed E-state index contributed by atoms with van der Waals surface area (Å²) in [7, 11) is 1.86. The highest BCUT2D eigenvalue weighted by Gasteiger charge is 2.18. The van der Waals surface area contributed by atoms with Crippen molar-refractivity contribution in [1.82, 2.24) is 15.6 Å². The van der Waals surface area contributed by atoms with E-state index in [1.54, 1.807) is 11.3 Å². The second-order valence-corrected chi connectivity index (χ2v) is 5.88. The van der Waals surface area contributed by atoms with Crippen LogP contribution in [0.4, 0.5) is 0 Å². The number of thiazole rings is 1. The number of nitrogens with zero attached hydrogens (tertiary/aromatic N) is 1. The predicted molar refractivity (Wildman–Crippen MR) is 71.5 cm³/mol. The Kier molecular flexibility index (Phi) is 5.08. The number of carbonyl (C=O) groups is 1. The number of rotatable bonds is 5. The lowest BCUT2D eigenvalue weighted by Gasteiger charge is -2.13. The van der Waals surface area contributed by atoms with Crippen LogP contribution in [0.25, 0.3) is 0 Å². The Morgan fingerprint density at radius 3 is 2.65 bits per heavy atom. The highest BCUT2D eigenvalue weighted by Crippen LogP contribution is 2.25. The highest BCUT2D eigenvalue weighted by molar-refractivity contribution is 7.09. The topological polar surface area (TPSA) is 54.0 Å². The predicted octanol–water partition coefficient (Wildman–Crippen LogP) is 1.32. The van der Waals surface area contributed by atoms with Gasteiger partial charge < -0.3 is 10.6 Å². The van der Waals surface area contributed by atoms with E-state index in [9.17, 15) is 4.79 Å². The van der Waals surface area contributed by atoms with Crippen molar-refractivity contribution in [3.8, 4) is 0 Å². The second kappa shape index (κ2) is 6.12. The molecular weight excluding hydrogens is 234 g/mol. The van der Waals surface area contributed by atoms with Crippen LogP contribution in [0.3, 0.4) is 0 Å². The minimum atomic E-state index is 0.0333. The Bertz CT molecular complexity index is 368. The van der Waals surface area contributed by atoms with Gasteiger partial charge in [0.25, 0.3) is 0 Å². The number of hydrogen-bond donors (Lipinski definition) is 2. The molecule has 0 radical (unpaired) electrons. The zero-order valence-electron chi connectivity index (χ0n) is 11.0. The molecule has 1 heterocycles. The SMILES string of the molecule is CNCCNC(=O)Cc1csc(C(C)(C)C)n1. The Hall–Kier alpha value is -0.940. The van der Waals surface area contributed by atoms with Gasteiger partial charge in [-0.05, 0) is 7.05 Å². The van der Waals surface area contributed by atoms with E-state index in [0.29, 0.717) is 13.0 Å². The number of nitrogens with one attached hydrogen (secondary N) is 2. The van der Waals surface area contributed by atoms with Gasteiger partial charge in [0.2, 0.25) is 5.91 Å². The number of likely N-dealkylation sites (N-methyl/N-ethyl adjacent to an activating group) is 1. The average Bonchev–Trinajstić information content (AvgIpc) is 2.66. The number of hydrogen-bond acceptors (Lipinski definition) is 4. The van der Waals surface area contributed by atoms with Gasteiger partial charge in [0.1, 0.15) is 0 Å². The molecule has 0 unspecified atom stereocenters. The van der Waals surface area contributed by atoms with Crippen LogP contribution in [-0.4, -0.2) is 31.0 Å². The van der Waals surface area contributed by atoms with Crippen LogP contribution in [0.5, 0.6) is 0 Å². The average molecular weight is 255 g/mol. The molecule has 1 amide bonds. The van der Waals surface area contributed by atoms with Gasteiger partial charge in [-0.15, -0.1) is 11.3 Å². The van der Waals surface area contributed by atoms with E-state index in [2.05, 4.69) is 36.4 Å². The van der Waals surface area contributed by atoms with E-state index < -0.39 is 0 Å². The van der Waals surface area contributed by atoms with Crippen molar-refractivity contribution < 1.29 is 4.79 Å². The largest absolute Gasteiger partial charge is 0.354 e. The third kappa shape index (κ3) is 4.83. The third-order valence-corrected chi connectivity index (χ3v) is 3.55. The van der Waals surface area contributed by atoms with Crippen molar-refractivity contribution in [3.63, 3.8) is 0 Å². The summed E-state index contributed by atoms with van der Waals surface area (Å²) in [4.78, 5) is 16.1. The Morgan fingerprint density at radius 1 is 1.41 bits per heavy atom. The van der Waals surface area contributed by atoms with Gasteiger partial charge >= 0.3 is 0 Å². The molecule has 96 valence electrons. The standard InChI is InChI=1S/C12H21N3OS/c1-12(2,3)11-15-9(8-17-11)7-10(16)14-6-5-13-4/h8,13H,5-7H2,1-4H3,(H,14,16). The fraction of sp³-hybridized carbons (Fsp3) is 0.667. The monoisotopic (exact) mass is 255 g/mol. The maximum absolute atomic E-state index is 11.6. The Morgan fingerprint density at radius 2 is 2.12 bits per heavy atom. The number of aromatic nitrogens is 1. The highest BCUT2D eigenvalue weighted by atomic mass is 32.1. The summed E-state index contributed by atoms with van der Waals surface area (Å²) in [5, 5.41) is 8.88. The maximum Gasteiger partial charge on any atom is 0.226 e. The minimum Gasteiger partial charge on any atom is -0.354 e. The van der Waals surface area contributed by atoms with Crippen molar-refractivity contribution in [3.05, 3.63) is 16.1 Å². The van der Waals surface area contributed by atoms with E-state index in [-0.39, 0.29) is 11.3 Å². The first-order chi connectivity index (χ1) is 7.93. The molecule has 0 aliphatic heterocycles. The molecule has 0 saturated carbocycles. The summed E-state index contributed by atoms with van der Waals surface area (Å²) in [5.74, 6) is 0.0333. The van der Waals surface area contributed by atoms with Crippen LogP contribution in [-0.2, 0) is 16.6 Å². The van der Waals surface area contributed by atoms with Crippen LogP contribution in [0.15, 0.2) is 5.38 Å². The van der Waals surface area contributed by atoms with E-state index in [4.69, 9.17) is 0 Å². The van der Waals surface area contributed by atoms with E-state index in [1.165, 1.54) is 0 Å². The van der Waals surface area contributed by atoms with E-state index >= 15 is 0 Å². The molecular formula is C12H21N3OS. The summed E-state index contributed by atoms with van der Waals surface area (Å²) < 4.78 is 0. The van der Waals surface area contributed by atoms with Crippen LogP contribution < -0.4 is 10.6 Å². The number of amides is 1. The summed E-state index contributed by atoms with van der Waals surface area (Å²) in [6.45, 7) is 7.83. The van der Waals surface area contributed by atoms with Crippen LogP contribution in [0.1, 0.15) is 31.5 Å². The molecule has 4 nitrogen and oxygen atoms in total. The van der Waals surface area contributed by atoms with Gasteiger partial charge in [0, 0.05) is 23.9 Å². The number of carbonyl (C=O) groups excluding carboxylic acids is 1. The lowest BCUT2D eigenvalue weighted by molar-refractivity contribution is -0.120. The normalized spacial score (nSPS) is 11.5. The molecule has 0 fully saturated rings. The Labute approximate surface area is 107 Å². The third-order valence-electron chi connectivity index (χ3n) is 2.23. The first-order valence-electron chi connectivity index (χ1n) is 5.79. The summed E-state index contributed by atoms with van der Waals surface area (Å²) in [5.41, 5.74) is 0.924. The summed E-state index contributed by atoms with van der Waals surface area (Å²) in [6, 6.07) is 0. The molecule has 0 aromatic carbocycles. The molecule has 1 aromatic rings. The lowest BCUT2D eigenvalue weighted by Crippen LogP contribution is -2.31. The van der Waals surface area contributed by atoms with Crippen molar-refractivity contribution in [2.45, 2.75) is 32.6 Å². The molecule has 0 atom stereocenters. The molecule has 1 rings (SSSR count). The molecule has 0 spiro atoms. The molecule has 17 heavy (non-hydrogen) atoms. The zero-order valence-corrected chi connectivity index (χ0v) is 11.8. The molecule has 0 saturated heterocycles. The van der Waals surface area contributed by atoms with Gasteiger partial charge in [0.05, 0.1) is 17.1 Å². The van der Waals surface area contributed by atoms with Gasteiger partial charge in [-0.25, -0.2) is 4.98 Å². The molecule has 2 N–H and O–H groups in total. The second-order valence-electron chi connectivity index (χ2n) is 5.02. The molecule has 0 aliphatic rings. The first-order valence-corrected chi connectivity index (χ1v) is 6.67. The van der Waals surface area contributed by atoms with Crippen molar-refractivity contribution in [2.24, 2.45) is 0 Å². The van der Waals surface area contributed by atoms with Crippen LogP contribution in [0, 0.1) is 0 Å². The van der Waals surface area contributed by atoms with E-state index in [1.807, 2.05) is 12.4 Å². The Balaban J connectivity index is 2.46. The van der Waals surface area contributed by atoms with Crippen molar-refractivity contribution >= 4 is 17.2 Å². The van der Waals surface area contributed by atoms with Gasteiger partial charge in [-0.1, -0.05) is 20.8 Å². The maximum atomic E-state index is 11.6. The van der Waals surface area contributed by atoms with Crippen molar-refractivity contribution in [2.75, 3.05) is 20.1 Å². The zero-order chi connectivity index (χ0) is 12.9. The fourth-order valence-electron chi connectivity index (χ4n) is 1.29. The van der Waals surface area contributed by atoms with E-state index in [0.717, 1.165) is 17.2 Å². The molecule has 0 aliphatic carbocycles.